The minimum absolute atomic E-state index is 0.119. The maximum absolute atomic E-state index is 11.5. The number of ether oxygens (including phenoxy) is 2. The lowest BCUT2D eigenvalue weighted by Crippen LogP contribution is -2.26. The van der Waals surface area contributed by atoms with Crippen molar-refractivity contribution in [3.63, 3.8) is 0 Å². The third kappa shape index (κ3) is 2.37. The summed E-state index contributed by atoms with van der Waals surface area (Å²) >= 11 is 0. The van der Waals surface area contributed by atoms with Crippen molar-refractivity contribution in [2.75, 3.05) is 6.61 Å². The Morgan fingerprint density at radius 2 is 2.21 bits per heavy atom. The zero-order chi connectivity index (χ0) is 13.2. The van der Waals surface area contributed by atoms with Crippen LogP contribution in [-0.4, -0.2) is 18.7 Å². The highest BCUT2D eigenvalue weighted by atomic mass is 16.5. The lowest BCUT2D eigenvalue weighted by molar-refractivity contribution is -0.144. The highest BCUT2D eigenvalue weighted by molar-refractivity contribution is 5.70. The molecule has 3 heteroatoms. The number of para-hydroxylation sites is 1. The van der Waals surface area contributed by atoms with Gasteiger partial charge in [0.15, 0.2) is 0 Å². The lowest BCUT2D eigenvalue weighted by atomic mass is 9.82. The van der Waals surface area contributed by atoms with E-state index in [-0.39, 0.29) is 18.0 Å². The van der Waals surface area contributed by atoms with Crippen molar-refractivity contribution < 1.29 is 14.3 Å². The van der Waals surface area contributed by atoms with Crippen molar-refractivity contribution in [2.45, 2.75) is 31.8 Å². The van der Waals surface area contributed by atoms with Crippen LogP contribution in [0.25, 0.3) is 0 Å². The van der Waals surface area contributed by atoms with E-state index in [1.807, 2.05) is 25.1 Å². The molecule has 19 heavy (non-hydrogen) atoms. The lowest BCUT2D eigenvalue weighted by Gasteiger charge is -2.25. The van der Waals surface area contributed by atoms with Gasteiger partial charge in [0.25, 0.3) is 0 Å². The molecule has 1 aliphatic carbocycles. The molecular weight excluding hydrogens is 240 g/mol. The van der Waals surface area contributed by atoms with Gasteiger partial charge in [-0.1, -0.05) is 30.4 Å². The zero-order valence-electron chi connectivity index (χ0n) is 11.0. The second kappa shape index (κ2) is 5.08. The first-order valence-corrected chi connectivity index (χ1v) is 6.87. The molecule has 0 saturated carbocycles. The normalized spacial score (nSPS) is 27.3. The maximum atomic E-state index is 11.5. The number of hydrogen-bond donors (Lipinski definition) is 0. The van der Waals surface area contributed by atoms with E-state index >= 15 is 0 Å². The van der Waals surface area contributed by atoms with Crippen LogP contribution < -0.4 is 4.74 Å². The third-order valence-electron chi connectivity index (χ3n) is 3.82. The van der Waals surface area contributed by atoms with Gasteiger partial charge in [0.2, 0.25) is 0 Å². The van der Waals surface area contributed by atoms with Crippen LogP contribution in [0.4, 0.5) is 0 Å². The summed E-state index contributed by atoms with van der Waals surface area (Å²) in [4.78, 5) is 11.5. The zero-order valence-corrected chi connectivity index (χ0v) is 11.0. The summed E-state index contributed by atoms with van der Waals surface area (Å²) in [6.07, 6.45) is 5.83. The first-order chi connectivity index (χ1) is 9.28. The number of esters is 1. The van der Waals surface area contributed by atoms with Crippen molar-refractivity contribution in [2.24, 2.45) is 5.92 Å². The molecule has 0 radical (unpaired) electrons. The Morgan fingerprint density at radius 3 is 3.05 bits per heavy atom. The van der Waals surface area contributed by atoms with Crippen molar-refractivity contribution in [1.82, 2.24) is 0 Å². The number of hydrogen-bond acceptors (Lipinski definition) is 3. The highest BCUT2D eigenvalue weighted by Gasteiger charge is 2.36. The van der Waals surface area contributed by atoms with Gasteiger partial charge < -0.3 is 9.47 Å². The smallest absolute Gasteiger partial charge is 0.306 e. The molecule has 0 N–H and O–H groups in total. The molecule has 0 amide bonds. The van der Waals surface area contributed by atoms with Gasteiger partial charge in [-0.2, -0.15) is 0 Å². The fourth-order valence-electron chi connectivity index (χ4n) is 2.96. The summed E-state index contributed by atoms with van der Waals surface area (Å²) in [5, 5.41) is 0. The van der Waals surface area contributed by atoms with Crippen LogP contribution in [0.1, 0.15) is 31.2 Å². The molecule has 1 aliphatic heterocycles. The van der Waals surface area contributed by atoms with Gasteiger partial charge in [-0.25, -0.2) is 0 Å². The molecule has 0 bridgehead atoms. The van der Waals surface area contributed by atoms with E-state index < -0.39 is 0 Å². The molecular formula is C16H18O3. The van der Waals surface area contributed by atoms with E-state index in [0.29, 0.717) is 18.9 Å². The minimum Gasteiger partial charge on any atom is -0.489 e. The molecule has 100 valence electrons. The maximum Gasteiger partial charge on any atom is 0.306 e. The molecule has 3 nitrogen and oxygen atoms in total. The van der Waals surface area contributed by atoms with Gasteiger partial charge in [0, 0.05) is 11.5 Å². The van der Waals surface area contributed by atoms with E-state index in [1.54, 1.807) is 0 Å². The Kier molecular flexibility index (Phi) is 3.28. The van der Waals surface area contributed by atoms with Crippen LogP contribution in [-0.2, 0) is 9.53 Å². The summed E-state index contributed by atoms with van der Waals surface area (Å²) in [5.41, 5.74) is 1.26. The van der Waals surface area contributed by atoms with E-state index in [2.05, 4.69) is 18.2 Å². The van der Waals surface area contributed by atoms with Gasteiger partial charge in [0.1, 0.15) is 11.9 Å². The van der Waals surface area contributed by atoms with Crippen LogP contribution >= 0.6 is 0 Å². The quantitative estimate of drug-likeness (QED) is 0.617. The van der Waals surface area contributed by atoms with Gasteiger partial charge >= 0.3 is 5.97 Å². The largest absolute Gasteiger partial charge is 0.489 e. The van der Waals surface area contributed by atoms with Crippen molar-refractivity contribution in [1.29, 1.82) is 0 Å². The van der Waals surface area contributed by atoms with Crippen LogP contribution in [0, 0.1) is 5.92 Å². The number of fused-ring (bicyclic) bond motifs is 3. The van der Waals surface area contributed by atoms with Gasteiger partial charge in [0.05, 0.1) is 13.0 Å². The Balaban J connectivity index is 1.70. The van der Waals surface area contributed by atoms with E-state index in [0.717, 1.165) is 12.2 Å². The van der Waals surface area contributed by atoms with Crippen LogP contribution in [0.5, 0.6) is 5.75 Å². The molecule has 0 spiro atoms. The van der Waals surface area contributed by atoms with Crippen LogP contribution in [0.2, 0.25) is 0 Å². The number of allylic oxidation sites excluding steroid dienone is 1. The summed E-state index contributed by atoms with van der Waals surface area (Å²) < 4.78 is 11.0. The van der Waals surface area contributed by atoms with Crippen molar-refractivity contribution in [3.05, 3.63) is 42.0 Å². The van der Waals surface area contributed by atoms with Gasteiger partial charge in [-0.05, 0) is 25.3 Å². The molecule has 1 aromatic carbocycles. The van der Waals surface area contributed by atoms with Crippen LogP contribution in [0.3, 0.4) is 0 Å². The molecule has 3 rings (SSSR count). The Morgan fingerprint density at radius 1 is 1.37 bits per heavy atom. The standard InChI is InChI=1S/C16H18O3/c1-2-18-16(17)10-11-7-8-13-12-5-3-4-6-14(12)19-15(13)9-11/h3-8,11,13,15H,2,9-10H2,1H3/t11-,13+,15+/m1/s1. The molecule has 0 unspecified atom stereocenters. The van der Waals surface area contributed by atoms with Gasteiger partial charge in [-0.15, -0.1) is 0 Å². The molecule has 1 heterocycles. The van der Waals surface area contributed by atoms with E-state index in [9.17, 15) is 4.79 Å². The Bertz CT molecular complexity index is 506. The molecule has 0 saturated heterocycles. The predicted molar refractivity (Wildman–Crippen MR) is 72.1 cm³/mol. The first kappa shape index (κ1) is 12.3. The predicted octanol–water partition coefficient (Wildman–Crippen LogP) is 3.06. The first-order valence-electron chi connectivity index (χ1n) is 6.87. The minimum atomic E-state index is -0.119. The second-order valence-corrected chi connectivity index (χ2v) is 5.11. The summed E-state index contributed by atoms with van der Waals surface area (Å²) in [6.45, 7) is 2.28. The second-order valence-electron chi connectivity index (χ2n) is 5.11. The number of benzene rings is 1. The SMILES string of the molecule is CCOC(=O)C[C@@H]1C=C[C@H]2c3ccccc3O[C@H]2C1. The average molecular weight is 258 g/mol. The number of carbonyl (C=O) groups is 1. The van der Waals surface area contributed by atoms with Gasteiger partial charge in [-0.3, -0.25) is 4.79 Å². The molecule has 0 aromatic heterocycles. The molecule has 1 aromatic rings. The monoisotopic (exact) mass is 258 g/mol. The van der Waals surface area contributed by atoms with Crippen LogP contribution in [0.15, 0.2) is 36.4 Å². The summed E-state index contributed by atoms with van der Waals surface area (Å²) in [5.74, 6) is 1.44. The highest BCUT2D eigenvalue weighted by Crippen LogP contribution is 2.44. The Hall–Kier alpha value is -1.77. The molecule has 3 atom stereocenters. The number of carbonyl (C=O) groups excluding carboxylic acids is 1. The fourth-order valence-corrected chi connectivity index (χ4v) is 2.96. The van der Waals surface area contributed by atoms with E-state index in [4.69, 9.17) is 9.47 Å². The molecule has 0 fully saturated rings. The summed E-state index contributed by atoms with van der Waals surface area (Å²) in [6, 6.07) is 8.18. The van der Waals surface area contributed by atoms with Crippen molar-refractivity contribution >= 4 is 5.97 Å². The summed E-state index contributed by atoms with van der Waals surface area (Å²) in [7, 11) is 0. The topological polar surface area (TPSA) is 35.5 Å². The fraction of sp³-hybridized carbons (Fsp3) is 0.438. The molecule has 2 aliphatic rings. The Labute approximate surface area is 113 Å². The number of rotatable bonds is 3. The average Bonchev–Trinajstić information content (AvgIpc) is 2.76. The van der Waals surface area contributed by atoms with Crippen molar-refractivity contribution in [3.8, 4) is 5.75 Å². The third-order valence-corrected chi connectivity index (χ3v) is 3.82. The van der Waals surface area contributed by atoms with E-state index in [1.165, 1.54) is 5.56 Å².